The monoisotopic (exact) mass is 327 g/mol. The van der Waals surface area contributed by atoms with Gasteiger partial charge in [0.25, 0.3) is 5.91 Å². The van der Waals surface area contributed by atoms with Gasteiger partial charge in [-0.3, -0.25) is 4.79 Å². The summed E-state index contributed by atoms with van der Waals surface area (Å²) in [5.74, 6) is 1.49. The number of rotatable bonds is 4. The molecule has 0 aliphatic carbocycles. The third-order valence-electron chi connectivity index (χ3n) is 4.61. The second-order valence-corrected chi connectivity index (χ2v) is 6.99. The molecule has 1 unspecified atom stereocenters. The van der Waals surface area contributed by atoms with E-state index in [0.717, 1.165) is 37.4 Å². The molecular weight excluding hydrogens is 302 g/mol. The number of ether oxygens (including phenoxy) is 1. The molecule has 5 nitrogen and oxygen atoms in total. The molecule has 1 atom stereocenters. The summed E-state index contributed by atoms with van der Waals surface area (Å²) < 4.78 is 8.03. The highest BCUT2D eigenvalue weighted by Gasteiger charge is 2.31. The van der Waals surface area contributed by atoms with Crippen molar-refractivity contribution in [3.63, 3.8) is 0 Å². The number of imidazole rings is 1. The lowest BCUT2D eigenvalue weighted by Gasteiger charge is -2.35. The molecule has 1 aliphatic rings. The molecule has 2 heterocycles. The fourth-order valence-electron chi connectivity index (χ4n) is 3.37. The molecule has 0 spiro atoms. The van der Waals surface area contributed by atoms with Crippen molar-refractivity contribution in [2.24, 2.45) is 0 Å². The number of nitrogens with one attached hydrogen (secondary N) is 1. The van der Waals surface area contributed by atoms with Gasteiger partial charge in [-0.05, 0) is 44.4 Å². The van der Waals surface area contributed by atoms with Crippen molar-refractivity contribution >= 4 is 5.91 Å². The zero-order valence-electron chi connectivity index (χ0n) is 14.6. The van der Waals surface area contributed by atoms with E-state index in [0.29, 0.717) is 11.5 Å². The Morgan fingerprint density at radius 1 is 1.38 bits per heavy atom. The molecule has 1 saturated heterocycles. The van der Waals surface area contributed by atoms with E-state index in [1.165, 1.54) is 0 Å². The first-order valence-electron chi connectivity index (χ1n) is 8.44. The Balaban J connectivity index is 1.75. The maximum atomic E-state index is 11.6. The number of aromatic nitrogens is 2. The van der Waals surface area contributed by atoms with Crippen LogP contribution in [0.25, 0.3) is 0 Å². The standard InChI is InChI=1S/C19H25N3O2/c1-19(2)12-16(8-11-24-19)17-21-9-10-22(17)13-14-4-6-15(7-5-14)18(23)20-3/h4-7,9-10,16H,8,11-13H2,1-3H3,(H,20,23). The van der Waals surface area contributed by atoms with E-state index in [4.69, 9.17) is 4.74 Å². The molecule has 1 fully saturated rings. The van der Waals surface area contributed by atoms with Crippen molar-refractivity contribution in [1.82, 2.24) is 14.9 Å². The Morgan fingerprint density at radius 3 is 2.79 bits per heavy atom. The third kappa shape index (κ3) is 3.67. The van der Waals surface area contributed by atoms with E-state index in [-0.39, 0.29) is 11.5 Å². The lowest BCUT2D eigenvalue weighted by atomic mass is 9.88. The molecule has 0 bridgehead atoms. The molecule has 2 aromatic rings. The lowest BCUT2D eigenvalue weighted by Crippen LogP contribution is -2.34. The van der Waals surface area contributed by atoms with Gasteiger partial charge in [-0.1, -0.05) is 12.1 Å². The van der Waals surface area contributed by atoms with Crippen LogP contribution in [0.15, 0.2) is 36.7 Å². The summed E-state index contributed by atoms with van der Waals surface area (Å²) in [5.41, 5.74) is 1.75. The van der Waals surface area contributed by atoms with Crippen LogP contribution in [0.4, 0.5) is 0 Å². The predicted octanol–water partition coefficient (Wildman–Crippen LogP) is 2.96. The second-order valence-electron chi connectivity index (χ2n) is 6.99. The quantitative estimate of drug-likeness (QED) is 0.939. The molecule has 0 radical (unpaired) electrons. The van der Waals surface area contributed by atoms with Crippen molar-refractivity contribution < 1.29 is 9.53 Å². The Kier molecular flexibility index (Phi) is 4.71. The van der Waals surface area contributed by atoms with Crippen LogP contribution >= 0.6 is 0 Å². The number of benzene rings is 1. The summed E-state index contributed by atoms with van der Waals surface area (Å²) in [6, 6.07) is 7.73. The maximum absolute atomic E-state index is 11.6. The summed E-state index contributed by atoms with van der Waals surface area (Å²) >= 11 is 0. The summed E-state index contributed by atoms with van der Waals surface area (Å²) in [7, 11) is 1.64. The molecule has 1 aliphatic heterocycles. The molecule has 3 rings (SSSR count). The van der Waals surface area contributed by atoms with Crippen LogP contribution in [0, 0.1) is 0 Å². The van der Waals surface area contributed by atoms with Crippen LogP contribution in [0.2, 0.25) is 0 Å². The topological polar surface area (TPSA) is 56.2 Å². The Hall–Kier alpha value is -2.14. The van der Waals surface area contributed by atoms with Gasteiger partial charge in [-0.2, -0.15) is 0 Å². The molecule has 1 amide bonds. The molecule has 5 heteroatoms. The number of carbonyl (C=O) groups excluding carboxylic acids is 1. The number of hydrogen-bond donors (Lipinski definition) is 1. The first-order valence-corrected chi connectivity index (χ1v) is 8.44. The minimum Gasteiger partial charge on any atom is -0.376 e. The molecule has 0 saturated carbocycles. The lowest BCUT2D eigenvalue weighted by molar-refractivity contribution is -0.0606. The van der Waals surface area contributed by atoms with E-state index >= 15 is 0 Å². The molecular formula is C19H25N3O2. The first kappa shape index (κ1) is 16.7. The van der Waals surface area contributed by atoms with Crippen molar-refractivity contribution in [3.8, 4) is 0 Å². The van der Waals surface area contributed by atoms with Gasteiger partial charge in [0.15, 0.2) is 0 Å². The van der Waals surface area contributed by atoms with Crippen molar-refractivity contribution in [3.05, 3.63) is 53.6 Å². The van der Waals surface area contributed by atoms with Crippen LogP contribution in [-0.4, -0.2) is 34.7 Å². The van der Waals surface area contributed by atoms with Gasteiger partial charge in [0.1, 0.15) is 5.82 Å². The Bertz CT molecular complexity index is 704. The van der Waals surface area contributed by atoms with E-state index in [2.05, 4.69) is 28.7 Å². The molecule has 1 N–H and O–H groups in total. The number of nitrogens with zero attached hydrogens (tertiary/aromatic N) is 2. The first-order chi connectivity index (χ1) is 11.5. The van der Waals surface area contributed by atoms with Crippen LogP contribution in [-0.2, 0) is 11.3 Å². The summed E-state index contributed by atoms with van der Waals surface area (Å²) in [4.78, 5) is 16.2. The van der Waals surface area contributed by atoms with Crippen molar-refractivity contribution in [2.75, 3.05) is 13.7 Å². The van der Waals surface area contributed by atoms with Crippen LogP contribution in [0.5, 0.6) is 0 Å². The molecule has 1 aromatic heterocycles. The minimum atomic E-state index is -0.0884. The SMILES string of the molecule is CNC(=O)c1ccc(Cn2ccnc2C2CCOC(C)(C)C2)cc1. The van der Waals surface area contributed by atoms with Gasteiger partial charge in [-0.15, -0.1) is 0 Å². The highest BCUT2D eigenvalue weighted by molar-refractivity contribution is 5.93. The fourth-order valence-corrected chi connectivity index (χ4v) is 3.37. The zero-order valence-corrected chi connectivity index (χ0v) is 14.6. The maximum Gasteiger partial charge on any atom is 0.251 e. The molecule has 24 heavy (non-hydrogen) atoms. The van der Waals surface area contributed by atoms with Gasteiger partial charge in [0, 0.05) is 44.1 Å². The average Bonchev–Trinajstić information content (AvgIpc) is 3.02. The van der Waals surface area contributed by atoms with E-state index in [9.17, 15) is 4.79 Å². The van der Waals surface area contributed by atoms with Crippen LogP contribution in [0.3, 0.4) is 0 Å². The number of amides is 1. The Morgan fingerprint density at radius 2 is 2.12 bits per heavy atom. The van der Waals surface area contributed by atoms with Gasteiger partial charge in [0.2, 0.25) is 0 Å². The van der Waals surface area contributed by atoms with Crippen molar-refractivity contribution in [2.45, 2.75) is 44.8 Å². The van der Waals surface area contributed by atoms with Crippen molar-refractivity contribution in [1.29, 1.82) is 0 Å². The molecule has 1 aromatic carbocycles. The van der Waals surface area contributed by atoms with Gasteiger partial charge in [0.05, 0.1) is 5.60 Å². The largest absolute Gasteiger partial charge is 0.376 e. The second kappa shape index (κ2) is 6.77. The van der Waals surface area contributed by atoms with Crippen LogP contribution < -0.4 is 5.32 Å². The highest BCUT2D eigenvalue weighted by atomic mass is 16.5. The third-order valence-corrected chi connectivity index (χ3v) is 4.61. The highest BCUT2D eigenvalue weighted by Crippen LogP contribution is 2.34. The summed E-state index contributed by atoms with van der Waals surface area (Å²) in [5, 5.41) is 2.64. The normalized spacial score (nSPS) is 19.9. The zero-order chi connectivity index (χ0) is 17.2. The molecule has 128 valence electrons. The number of carbonyl (C=O) groups is 1. The van der Waals surface area contributed by atoms with Gasteiger partial charge < -0.3 is 14.6 Å². The minimum absolute atomic E-state index is 0.0608. The average molecular weight is 327 g/mol. The van der Waals surface area contributed by atoms with Gasteiger partial charge in [-0.25, -0.2) is 4.98 Å². The Labute approximate surface area is 143 Å². The van der Waals surface area contributed by atoms with E-state index in [1.54, 1.807) is 7.05 Å². The van der Waals surface area contributed by atoms with E-state index < -0.39 is 0 Å². The smallest absolute Gasteiger partial charge is 0.251 e. The van der Waals surface area contributed by atoms with Gasteiger partial charge >= 0.3 is 0 Å². The van der Waals surface area contributed by atoms with Crippen LogP contribution in [0.1, 0.15) is 54.4 Å². The summed E-state index contributed by atoms with van der Waals surface area (Å²) in [6.07, 6.45) is 5.90. The number of hydrogen-bond acceptors (Lipinski definition) is 3. The summed E-state index contributed by atoms with van der Waals surface area (Å²) in [6.45, 7) is 5.83. The van der Waals surface area contributed by atoms with E-state index in [1.807, 2.05) is 36.7 Å². The predicted molar refractivity (Wildman–Crippen MR) is 93.2 cm³/mol. The fraction of sp³-hybridized carbons (Fsp3) is 0.474.